The number of hydrogen-bond donors (Lipinski definition) is 0. The van der Waals surface area contributed by atoms with Gasteiger partial charge in [-0.05, 0) is 41.5 Å². The predicted octanol–water partition coefficient (Wildman–Crippen LogP) is 1.74. The van der Waals surface area contributed by atoms with Gasteiger partial charge in [-0.1, -0.05) is 0 Å². The van der Waals surface area contributed by atoms with Gasteiger partial charge in [0.2, 0.25) is 0 Å². The number of nitrogens with zero attached hydrogens (tertiary/aromatic N) is 1. The van der Waals surface area contributed by atoms with Gasteiger partial charge in [0.1, 0.15) is 4.88 Å². The Morgan fingerprint density at radius 2 is 2.12 bits per heavy atom. The van der Waals surface area contributed by atoms with Crippen LogP contribution in [-0.2, 0) is 9.84 Å². The molecule has 1 amide bonds. The average molecular weight is 383 g/mol. The van der Waals surface area contributed by atoms with E-state index in [1.165, 1.54) is 11.3 Å². The number of hydrogen-bond acceptors (Lipinski definition) is 4. The molecule has 1 aromatic rings. The van der Waals surface area contributed by atoms with Crippen molar-refractivity contribution in [3.63, 3.8) is 0 Å². The summed E-state index contributed by atoms with van der Waals surface area (Å²) < 4.78 is 25.0. The van der Waals surface area contributed by atoms with Crippen LogP contribution in [0.1, 0.15) is 22.5 Å². The van der Waals surface area contributed by atoms with Crippen LogP contribution < -0.4 is 0 Å². The number of rotatable bonds is 1. The molecule has 17 heavy (non-hydrogen) atoms. The molecule has 1 aliphatic heterocycles. The van der Waals surface area contributed by atoms with Crippen LogP contribution in [0.4, 0.5) is 0 Å². The number of thiophene rings is 1. The molecule has 1 fully saturated rings. The Kier molecular flexibility index (Phi) is 2.75. The van der Waals surface area contributed by atoms with Crippen LogP contribution in [0.3, 0.4) is 0 Å². The molecule has 0 aromatic carbocycles. The van der Waals surface area contributed by atoms with Crippen molar-refractivity contribution in [1.29, 1.82) is 0 Å². The highest BCUT2D eigenvalue weighted by Crippen LogP contribution is 2.36. The summed E-state index contributed by atoms with van der Waals surface area (Å²) in [7, 11) is -3.29. The van der Waals surface area contributed by atoms with Crippen LogP contribution in [0, 0.1) is 2.88 Å². The summed E-state index contributed by atoms with van der Waals surface area (Å²) in [4.78, 5) is 14.7. The van der Waals surface area contributed by atoms with Crippen LogP contribution in [0.5, 0.6) is 0 Å². The summed E-state index contributed by atoms with van der Waals surface area (Å²) in [6.45, 7) is 0.337. The second-order valence-corrected chi connectivity index (χ2v) is 9.32. The Labute approximate surface area is 117 Å². The molecule has 2 aliphatic rings. The van der Waals surface area contributed by atoms with E-state index in [0.29, 0.717) is 11.4 Å². The van der Waals surface area contributed by atoms with Crippen LogP contribution >= 0.6 is 33.9 Å². The quantitative estimate of drug-likeness (QED) is 0.695. The van der Waals surface area contributed by atoms with Gasteiger partial charge in [0, 0.05) is 12.6 Å². The lowest BCUT2D eigenvalue weighted by Crippen LogP contribution is -2.34. The van der Waals surface area contributed by atoms with E-state index < -0.39 is 9.84 Å². The zero-order valence-electron chi connectivity index (χ0n) is 8.85. The summed E-state index contributed by atoms with van der Waals surface area (Å²) in [5.74, 6) is -0.0498. The van der Waals surface area contributed by atoms with Gasteiger partial charge in [-0.25, -0.2) is 8.42 Å². The number of carbonyl (C=O) groups is 1. The topological polar surface area (TPSA) is 54.5 Å². The van der Waals surface area contributed by atoms with E-state index in [9.17, 15) is 13.2 Å². The van der Waals surface area contributed by atoms with E-state index in [1.807, 2.05) is 0 Å². The van der Waals surface area contributed by atoms with Gasteiger partial charge in [-0.2, -0.15) is 0 Å². The van der Waals surface area contributed by atoms with Gasteiger partial charge < -0.3 is 4.90 Å². The normalized spacial score (nSPS) is 23.4. The van der Waals surface area contributed by atoms with Crippen molar-refractivity contribution < 1.29 is 13.2 Å². The summed E-state index contributed by atoms with van der Waals surface area (Å²) in [6, 6.07) is 1.88. The predicted molar refractivity (Wildman–Crippen MR) is 73.1 cm³/mol. The maximum absolute atomic E-state index is 12.3. The van der Waals surface area contributed by atoms with E-state index in [-0.39, 0.29) is 22.6 Å². The lowest BCUT2D eigenvalue weighted by atomic mass is 10.4. The molecule has 0 spiro atoms. The van der Waals surface area contributed by atoms with Gasteiger partial charge in [-0.15, -0.1) is 11.3 Å². The average Bonchev–Trinajstić information content (AvgIpc) is 3.00. The summed E-state index contributed by atoms with van der Waals surface area (Å²) >= 11 is 3.34. The molecule has 0 bridgehead atoms. The summed E-state index contributed by atoms with van der Waals surface area (Å²) in [5.41, 5.74) is 0. The fourth-order valence-electron chi connectivity index (χ4n) is 2.02. The van der Waals surface area contributed by atoms with Gasteiger partial charge in [0.25, 0.3) is 5.91 Å². The second kappa shape index (κ2) is 3.92. The second-order valence-electron chi connectivity index (χ2n) is 4.29. The van der Waals surface area contributed by atoms with Gasteiger partial charge in [-0.3, -0.25) is 4.79 Å². The third kappa shape index (κ3) is 2.01. The molecule has 7 heteroatoms. The Hall–Kier alpha value is -0.150. The Morgan fingerprint density at radius 1 is 1.41 bits per heavy atom. The van der Waals surface area contributed by atoms with Gasteiger partial charge in [0.05, 0.1) is 13.5 Å². The molecule has 4 nitrogen and oxygen atoms in total. The third-order valence-corrected chi connectivity index (χ3v) is 6.77. The van der Waals surface area contributed by atoms with Crippen LogP contribution in [0.15, 0.2) is 11.0 Å². The van der Waals surface area contributed by atoms with Gasteiger partial charge >= 0.3 is 0 Å². The molecular weight excluding hydrogens is 373 g/mol. The number of halogens is 1. The summed E-state index contributed by atoms with van der Waals surface area (Å²) in [6.07, 6.45) is 2.01. The Morgan fingerprint density at radius 3 is 2.76 bits per heavy atom. The van der Waals surface area contributed by atoms with Crippen molar-refractivity contribution in [2.24, 2.45) is 0 Å². The number of fused-ring (bicyclic) bond motifs is 1. The standard InChI is InChI=1S/C10H10INO3S2/c11-8-5-7-9(16-8)10(13)12(6-1-2-6)3-4-17(7,14)15/h5-6H,1-4H2. The molecule has 1 aromatic heterocycles. The zero-order valence-corrected chi connectivity index (χ0v) is 12.6. The Bertz CT molecular complexity index is 589. The maximum atomic E-state index is 12.3. The summed E-state index contributed by atoms with van der Waals surface area (Å²) in [5, 5.41) is 0. The SMILES string of the molecule is O=C1c2sc(I)cc2S(=O)(=O)CCN1C1CC1. The van der Waals surface area contributed by atoms with Crippen molar-refractivity contribution in [1.82, 2.24) is 4.90 Å². The highest BCUT2D eigenvalue weighted by atomic mass is 127. The third-order valence-electron chi connectivity index (χ3n) is 3.05. The monoisotopic (exact) mass is 383 g/mol. The van der Waals surface area contributed by atoms with E-state index in [4.69, 9.17) is 0 Å². The van der Waals surface area contributed by atoms with E-state index in [2.05, 4.69) is 22.6 Å². The molecular formula is C10H10INO3S2. The number of sulfone groups is 1. The lowest BCUT2D eigenvalue weighted by Gasteiger charge is -2.18. The largest absolute Gasteiger partial charge is 0.334 e. The number of amides is 1. The molecule has 2 heterocycles. The first-order valence-electron chi connectivity index (χ1n) is 5.32. The van der Waals surface area contributed by atoms with E-state index >= 15 is 0 Å². The fourth-order valence-corrected chi connectivity index (χ4v) is 5.84. The first-order valence-corrected chi connectivity index (χ1v) is 8.87. The van der Waals surface area contributed by atoms with Crippen LogP contribution in [0.25, 0.3) is 0 Å². The lowest BCUT2D eigenvalue weighted by molar-refractivity contribution is 0.0758. The maximum Gasteiger partial charge on any atom is 0.265 e. The van der Waals surface area contributed by atoms with Crippen LogP contribution in [0.2, 0.25) is 0 Å². The van der Waals surface area contributed by atoms with E-state index in [0.717, 1.165) is 15.7 Å². The molecule has 0 unspecified atom stereocenters. The first kappa shape index (κ1) is 11.9. The van der Waals surface area contributed by atoms with Crippen LogP contribution in [-0.4, -0.2) is 37.6 Å². The van der Waals surface area contributed by atoms with Gasteiger partial charge in [0.15, 0.2) is 9.84 Å². The molecule has 0 N–H and O–H groups in total. The molecule has 1 saturated carbocycles. The minimum atomic E-state index is -3.29. The van der Waals surface area contributed by atoms with Crippen molar-refractivity contribution in [2.45, 2.75) is 23.8 Å². The molecule has 0 radical (unpaired) electrons. The minimum absolute atomic E-state index is 0.0506. The minimum Gasteiger partial charge on any atom is -0.334 e. The first-order chi connectivity index (χ1) is 7.99. The number of carbonyl (C=O) groups excluding carboxylic acids is 1. The molecule has 92 valence electrons. The molecule has 3 rings (SSSR count). The smallest absolute Gasteiger partial charge is 0.265 e. The van der Waals surface area contributed by atoms with Crippen molar-refractivity contribution in [3.05, 3.63) is 13.8 Å². The van der Waals surface area contributed by atoms with Crippen molar-refractivity contribution in [2.75, 3.05) is 12.3 Å². The highest BCUT2D eigenvalue weighted by Gasteiger charge is 2.39. The molecule has 0 saturated heterocycles. The van der Waals surface area contributed by atoms with Crippen molar-refractivity contribution in [3.8, 4) is 0 Å². The Balaban J connectivity index is 2.14. The zero-order chi connectivity index (χ0) is 12.2. The van der Waals surface area contributed by atoms with E-state index in [1.54, 1.807) is 11.0 Å². The molecule has 0 atom stereocenters. The van der Waals surface area contributed by atoms with Crippen molar-refractivity contribution >= 4 is 49.7 Å². The fraction of sp³-hybridized carbons (Fsp3) is 0.500. The highest BCUT2D eigenvalue weighted by molar-refractivity contribution is 14.1. The molecule has 1 aliphatic carbocycles.